The molecule has 3 aromatic rings. The van der Waals surface area contributed by atoms with Crippen molar-refractivity contribution in [2.24, 2.45) is 0 Å². The number of hydrogen-bond donors (Lipinski definition) is 2. The van der Waals surface area contributed by atoms with Crippen LogP contribution in [0.25, 0.3) is 0 Å². The van der Waals surface area contributed by atoms with Crippen LogP contribution in [0.1, 0.15) is 15.9 Å². The Bertz CT molecular complexity index is 1190. The fourth-order valence-corrected chi connectivity index (χ4v) is 3.56. The number of nitrogen functional groups attached to an aromatic ring is 1. The summed E-state index contributed by atoms with van der Waals surface area (Å²) >= 11 is 0. The van der Waals surface area contributed by atoms with E-state index in [-0.39, 0.29) is 22.1 Å². The largest absolute Gasteiger partial charge is 0.383 e. The number of nitrogens with two attached hydrogens (primary N) is 1. The van der Waals surface area contributed by atoms with Crippen molar-refractivity contribution in [3.05, 3.63) is 77.4 Å². The van der Waals surface area contributed by atoms with Crippen LogP contribution in [0.3, 0.4) is 0 Å². The van der Waals surface area contributed by atoms with Gasteiger partial charge in [0, 0.05) is 19.8 Å². The molecule has 0 amide bonds. The molecule has 0 radical (unpaired) electrons. The maximum absolute atomic E-state index is 13.9. The van der Waals surface area contributed by atoms with E-state index in [9.17, 15) is 22.0 Å². The number of ketones is 1. The van der Waals surface area contributed by atoms with Crippen LogP contribution in [0.15, 0.2) is 59.5 Å². The third-order valence-corrected chi connectivity index (χ3v) is 6.09. The topological polar surface area (TPSA) is 105 Å². The van der Waals surface area contributed by atoms with Gasteiger partial charge >= 0.3 is 0 Å². The van der Waals surface area contributed by atoms with E-state index in [0.717, 1.165) is 22.5 Å². The monoisotopic (exact) mass is 432 g/mol. The van der Waals surface area contributed by atoms with Gasteiger partial charge in [0.05, 0.1) is 16.0 Å². The first kappa shape index (κ1) is 21.3. The third kappa shape index (κ3) is 4.14. The first-order valence-electron chi connectivity index (χ1n) is 8.66. The maximum Gasteiger partial charge on any atom is 0.242 e. The Morgan fingerprint density at radius 1 is 1.00 bits per heavy atom. The highest BCUT2D eigenvalue weighted by Crippen LogP contribution is 2.24. The van der Waals surface area contributed by atoms with E-state index in [1.165, 1.54) is 38.4 Å². The Kier molecular flexibility index (Phi) is 5.81. The molecule has 30 heavy (non-hydrogen) atoms. The molecule has 156 valence electrons. The normalized spacial score (nSPS) is 11.5. The van der Waals surface area contributed by atoms with Crippen LogP contribution in [-0.4, -0.2) is 37.6 Å². The van der Waals surface area contributed by atoms with Crippen molar-refractivity contribution in [3.63, 3.8) is 0 Å². The summed E-state index contributed by atoms with van der Waals surface area (Å²) in [6.07, 6.45) is 0. The zero-order valence-electron chi connectivity index (χ0n) is 16.1. The number of sulfonamides is 1. The number of nitrogens with one attached hydrogen (secondary N) is 1. The van der Waals surface area contributed by atoms with E-state index >= 15 is 0 Å². The molecule has 0 saturated carbocycles. The second-order valence-electron chi connectivity index (χ2n) is 6.49. The van der Waals surface area contributed by atoms with Crippen molar-refractivity contribution in [2.75, 3.05) is 25.1 Å². The number of nitrogens with zero attached hydrogens (tertiary/aromatic N) is 2. The Hall–Kier alpha value is -3.37. The van der Waals surface area contributed by atoms with Crippen molar-refractivity contribution >= 4 is 33.1 Å². The molecule has 0 bridgehead atoms. The molecule has 1 heterocycles. The highest BCUT2D eigenvalue weighted by Gasteiger charge is 2.21. The molecule has 3 N–H and O–H groups in total. The summed E-state index contributed by atoms with van der Waals surface area (Å²) in [5, 5.41) is 2.92. The van der Waals surface area contributed by atoms with Crippen LogP contribution in [0, 0.1) is 11.6 Å². The van der Waals surface area contributed by atoms with Gasteiger partial charge in [0.15, 0.2) is 0 Å². The number of carbonyl (C=O) groups excluding carboxylic acids is 1. The van der Waals surface area contributed by atoms with Crippen LogP contribution >= 0.6 is 0 Å². The molecule has 0 aliphatic carbocycles. The number of anilines is 3. The summed E-state index contributed by atoms with van der Waals surface area (Å²) in [5.41, 5.74) is 5.51. The zero-order valence-corrected chi connectivity index (χ0v) is 16.9. The van der Waals surface area contributed by atoms with E-state index < -0.39 is 33.0 Å². The standard InChI is InChI=1S/C20H18F2N4O3S/c1-26(2)30(28,29)13-8-6-12(7-9-13)24-17-11-10-14(20(23)25-17)19(27)18-15(21)4-3-5-16(18)22/h3-11H,1-2H3,(H3,23,24,25). The van der Waals surface area contributed by atoms with Gasteiger partial charge in [-0.05, 0) is 48.5 Å². The first-order chi connectivity index (χ1) is 14.1. The molecule has 0 saturated heterocycles. The number of hydrogen-bond acceptors (Lipinski definition) is 6. The molecule has 0 aliphatic heterocycles. The van der Waals surface area contributed by atoms with Gasteiger partial charge < -0.3 is 11.1 Å². The average molecular weight is 432 g/mol. The number of halogens is 2. The Balaban J connectivity index is 1.83. The van der Waals surface area contributed by atoms with E-state index in [1.54, 1.807) is 12.1 Å². The highest BCUT2D eigenvalue weighted by atomic mass is 32.2. The van der Waals surface area contributed by atoms with Gasteiger partial charge in [0.1, 0.15) is 23.3 Å². The minimum absolute atomic E-state index is 0.124. The molecule has 2 aromatic carbocycles. The fraction of sp³-hybridized carbons (Fsp3) is 0.100. The molecular weight excluding hydrogens is 414 g/mol. The molecule has 0 atom stereocenters. The summed E-state index contributed by atoms with van der Waals surface area (Å²) in [4.78, 5) is 16.7. The molecule has 0 spiro atoms. The number of carbonyl (C=O) groups is 1. The highest BCUT2D eigenvalue weighted by molar-refractivity contribution is 7.89. The van der Waals surface area contributed by atoms with E-state index in [1.807, 2.05) is 0 Å². The summed E-state index contributed by atoms with van der Waals surface area (Å²) in [6, 6.07) is 11.8. The van der Waals surface area contributed by atoms with Gasteiger partial charge in [-0.2, -0.15) is 0 Å². The van der Waals surface area contributed by atoms with Crippen molar-refractivity contribution in [1.82, 2.24) is 9.29 Å². The smallest absolute Gasteiger partial charge is 0.242 e. The Morgan fingerprint density at radius 3 is 2.13 bits per heavy atom. The van der Waals surface area contributed by atoms with Crippen LogP contribution in [-0.2, 0) is 10.0 Å². The molecule has 0 unspecified atom stereocenters. The SMILES string of the molecule is CN(C)S(=O)(=O)c1ccc(Nc2ccc(C(=O)c3c(F)cccc3F)c(N)n2)cc1. The number of pyridine rings is 1. The van der Waals surface area contributed by atoms with E-state index in [2.05, 4.69) is 10.3 Å². The minimum atomic E-state index is -3.55. The molecule has 10 heteroatoms. The Morgan fingerprint density at radius 2 is 1.60 bits per heavy atom. The summed E-state index contributed by atoms with van der Waals surface area (Å²) in [6.45, 7) is 0. The quantitative estimate of drug-likeness (QED) is 0.580. The zero-order chi connectivity index (χ0) is 22.1. The lowest BCUT2D eigenvalue weighted by Gasteiger charge is -2.12. The van der Waals surface area contributed by atoms with Crippen molar-refractivity contribution < 1.29 is 22.0 Å². The lowest BCUT2D eigenvalue weighted by Crippen LogP contribution is -2.22. The van der Waals surface area contributed by atoms with Gasteiger partial charge in [-0.15, -0.1) is 0 Å². The van der Waals surface area contributed by atoms with Crippen molar-refractivity contribution in [3.8, 4) is 0 Å². The summed E-state index contributed by atoms with van der Waals surface area (Å²) < 4.78 is 53.1. The average Bonchev–Trinajstić information content (AvgIpc) is 2.68. The maximum atomic E-state index is 13.9. The predicted molar refractivity (Wildman–Crippen MR) is 109 cm³/mol. The Labute approximate surface area is 172 Å². The van der Waals surface area contributed by atoms with Crippen molar-refractivity contribution in [1.29, 1.82) is 0 Å². The van der Waals surface area contributed by atoms with Crippen LogP contribution < -0.4 is 11.1 Å². The number of benzene rings is 2. The second-order valence-corrected chi connectivity index (χ2v) is 8.64. The van der Waals surface area contributed by atoms with Crippen LogP contribution in [0.2, 0.25) is 0 Å². The number of aromatic nitrogens is 1. The molecule has 3 rings (SSSR count). The molecule has 0 aliphatic rings. The molecule has 1 aromatic heterocycles. The summed E-state index contributed by atoms with van der Waals surface area (Å²) in [5.74, 6) is -2.84. The van der Waals surface area contributed by atoms with Crippen LogP contribution in [0.5, 0.6) is 0 Å². The predicted octanol–water partition coefficient (Wildman–Crippen LogP) is 3.17. The van der Waals surface area contributed by atoms with Crippen molar-refractivity contribution in [2.45, 2.75) is 4.90 Å². The van der Waals surface area contributed by atoms with Gasteiger partial charge in [0.2, 0.25) is 15.8 Å². The lowest BCUT2D eigenvalue weighted by atomic mass is 10.0. The minimum Gasteiger partial charge on any atom is -0.383 e. The van der Waals surface area contributed by atoms with E-state index in [0.29, 0.717) is 5.69 Å². The van der Waals surface area contributed by atoms with E-state index in [4.69, 9.17) is 5.73 Å². The lowest BCUT2D eigenvalue weighted by molar-refractivity contribution is 0.103. The third-order valence-electron chi connectivity index (χ3n) is 4.26. The molecule has 0 fully saturated rings. The van der Waals surface area contributed by atoms with Gasteiger partial charge in [-0.3, -0.25) is 4.79 Å². The molecular formula is C20H18F2N4O3S. The fourth-order valence-electron chi connectivity index (χ4n) is 2.65. The first-order valence-corrected chi connectivity index (χ1v) is 10.1. The number of rotatable bonds is 6. The summed E-state index contributed by atoms with van der Waals surface area (Å²) in [7, 11) is -0.681. The van der Waals surface area contributed by atoms with Gasteiger partial charge in [-0.1, -0.05) is 6.07 Å². The van der Waals surface area contributed by atoms with Crippen LogP contribution in [0.4, 0.5) is 26.1 Å². The second kappa shape index (κ2) is 8.17. The van der Waals surface area contributed by atoms with Gasteiger partial charge in [0.25, 0.3) is 0 Å². The molecule has 7 nitrogen and oxygen atoms in total. The van der Waals surface area contributed by atoms with Gasteiger partial charge in [-0.25, -0.2) is 26.5 Å².